The molecular weight excluding hydrogens is 326 g/mol. The highest BCUT2D eigenvalue weighted by molar-refractivity contribution is 5.93. The molecule has 0 aromatic heterocycles. The Kier molecular flexibility index (Phi) is 5.84. The SMILES string of the molecule is CC(=O)N(Cc1cc(NC(=O)C2CCCC2)ccc1N(C)C)CC1CC1. The van der Waals surface area contributed by atoms with E-state index in [-0.39, 0.29) is 17.7 Å². The number of carbonyl (C=O) groups is 2. The third-order valence-electron chi connectivity index (χ3n) is 5.54. The highest BCUT2D eigenvalue weighted by atomic mass is 16.2. The van der Waals surface area contributed by atoms with Gasteiger partial charge in [-0.05, 0) is 55.4 Å². The van der Waals surface area contributed by atoms with Gasteiger partial charge in [-0.15, -0.1) is 0 Å². The normalized spacial score (nSPS) is 17.2. The van der Waals surface area contributed by atoms with E-state index in [4.69, 9.17) is 0 Å². The minimum atomic E-state index is 0.113. The average molecular weight is 357 g/mol. The summed E-state index contributed by atoms with van der Waals surface area (Å²) in [5, 5.41) is 3.09. The van der Waals surface area contributed by atoms with E-state index in [0.717, 1.165) is 49.2 Å². The Hall–Kier alpha value is -2.04. The van der Waals surface area contributed by atoms with Crippen LogP contribution in [0.5, 0.6) is 0 Å². The van der Waals surface area contributed by atoms with Gasteiger partial charge in [0.05, 0.1) is 0 Å². The molecule has 2 fully saturated rings. The van der Waals surface area contributed by atoms with Gasteiger partial charge in [0.1, 0.15) is 0 Å². The van der Waals surface area contributed by atoms with Crippen molar-refractivity contribution < 1.29 is 9.59 Å². The van der Waals surface area contributed by atoms with Gasteiger partial charge in [0, 0.05) is 51.4 Å². The Morgan fingerprint density at radius 1 is 1.12 bits per heavy atom. The molecule has 5 nitrogen and oxygen atoms in total. The van der Waals surface area contributed by atoms with Gasteiger partial charge in [0.15, 0.2) is 0 Å². The highest BCUT2D eigenvalue weighted by Crippen LogP contribution is 2.32. The topological polar surface area (TPSA) is 52.7 Å². The van der Waals surface area contributed by atoms with Crippen molar-refractivity contribution in [3.8, 4) is 0 Å². The van der Waals surface area contributed by atoms with Crippen LogP contribution in [0.3, 0.4) is 0 Å². The first-order valence-electron chi connectivity index (χ1n) is 9.80. The number of nitrogens with one attached hydrogen (secondary N) is 1. The lowest BCUT2D eigenvalue weighted by molar-refractivity contribution is -0.129. The summed E-state index contributed by atoms with van der Waals surface area (Å²) >= 11 is 0. The summed E-state index contributed by atoms with van der Waals surface area (Å²) in [5.74, 6) is 1.05. The zero-order chi connectivity index (χ0) is 18.7. The number of rotatable bonds is 7. The van der Waals surface area contributed by atoms with E-state index in [0.29, 0.717) is 12.5 Å². The molecule has 1 aromatic carbocycles. The molecule has 0 radical (unpaired) electrons. The number of hydrogen-bond donors (Lipinski definition) is 1. The fourth-order valence-electron chi connectivity index (χ4n) is 3.78. The molecule has 2 saturated carbocycles. The van der Waals surface area contributed by atoms with Crippen LogP contribution in [0.15, 0.2) is 18.2 Å². The third kappa shape index (κ3) is 4.77. The smallest absolute Gasteiger partial charge is 0.227 e. The quantitative estimate of drug-likeness (QED) is 0.810. The van der Waals surface area contributed by atoms with Crippen LogP contribution in [-0.4, -0.2) is 37.4 Å². The highest BCUT2D eigenvalue weighted by Gasteiger charge is 2.26. The van der Waals surface area contributed by atoms with Crippen LogP contribution in [0.1, 0.15) is 51.0 Å². The summed E-state index contributed by atoms with van der Waals surface area (Å²) in [4.78, 5) is 28.5. The minimum Gasteiger partial charge on any atom is -0.377 e. The molecule has 2 amide bonds. The van der Waals surface area contributed by atoms with Crippen LogP contribution in [-0.2, 0) is 16.1 Å². The van der Waals surface area contributed by atoms with E-state index in [1.165, 1.54) is 12.8 Å². The molecule has 0 spiro atoms. The fourth-order valence-corrected chi connectivity index (χ4v) is 3.78. The predicted molar refractivity (Wildman–Crippen MR) is 105 cm³/mol. The summed E-state index contributed by atoms with van der Waals surface area (Å²) < 4.78 is 0. The van der Waals surface area contributed by atoms with Crippen molar-refractivity contribution in [2.24, 2.45) is 11.8 Å². The second-order valence-electron chi connectivity index (χ2n) is 8.05. The number of hydrogen-bond acceptors (Lipinski definition) is 3. The second-order valence-corrected chi connectivity index (χ2v) is 8.05. The number of nitrogens with zero attached hydrogens (tertiary/aromatic N) is 2. The molecule has 0 atom stereocenters. The molecule has 0 unspecified atom stereocenters. The molecule has 5 heteroatoms. The van der Waals surface area contributed by atoms with Crippen LogP contribution < -0.4 is 10.2 Å². The van der Waals surface area contributed by atoms with Crippen molar-refractivity contribution in [1.82, 2.24) is 4.90 Å². The predicted octanol–water partition coefficient (Wildman–Crippen LogP) is 3.64. The van der Waals surface area contributed by atoms with Crippen molar-refractivity contribution in [1.29, 1.82) is 0 Å². The maximum Gasteiger partial charge on any atom is 0.227 e. The van der Waals surface area contributed by atoms with Crippen LogP contribution in [0.25, 0.3) is 0 Å². The lowest BCUT2D eigenvalue weighted by Crippen LogP contribution is -2.31. The van der Waals surface area contributed by atoms with Crippen molar-refractivity contribution in [3.63, 3.8) is 0 Å². The first-order valence-corrected chi connectivity index (χ1v) is 9.80. The summed E-state index contributed by atoms with van der Waals surface area (Å²) in [6.07, 6.45) is 6.74. The summed E-state index contributed by atoms with van der Waals surface area (Å²) in [5.41, 5.74) is 3.00. The standard InChI is InChI=1S/C21H31N3O2/c1-15(25)24(13-16-8-9-16)14-18-12-19(10-11-20(18)23(2)3)22-21(26)17-6-4-5-7-17/h10-12,16-17H,4-9,13-14H2,1-3H3,(H,22,26). The number of benzene rings is 1. The van der Waals surface area contributed by atoms with Gasteiger partial charge in [-0.1, -0.05) is 12.8 Å². The van der Waals surface area contributed by atoms with Gasteiger partial charge in [0.2, 0.25) is 11.8 Å². The van der Waals surface area contributed by atoms with E-state index in [1.807, 2.05) is 37.2 Å². The molecule has 1 aromatic rings. The molecule has 3 rings (SSSR count). The van der Waals surface area contributed by atoms with E-state index in [2.05, 4.69) is 10.2 Å². The molecule has 0 aliphatic heterocycles. The molecule has 0 saturated heterocycles. The Balaban J connectivity index is 1.76. The first-order chi connectivity index (χ1) is 12.4. The minimum absolute atomic E-state index is 0.113. The summed E-state index contributed by atoms with van der Waals surface area (Å²) in [6, 6.07) is 6.03. The Bertz CT molecular complexity index is 661. The maximum absolute atomic E-state index is 12.4. The molecule has 0 heterocycles. The number of anilines is 2. The fraction of sp³-hybridized carbons (Fsp3) is 0.619. The Morgan fingerprint density at radius 2 is 1.81 bits per heavy atom. The van der Waals surface area contributed by atoms with Gasteiger partial charge in [-0.2, -0.15) is 0 Å². The lowest BCUT2D eigenvalue weighted by atomic mass is 10.1. The number of amides is 2. The van der Waals surface area contributed by atoms with Crippen molar-refractivity contribution in [2.45, 2.75) is 52.0 Å². The molecule has 1 N–H and O–H groups in total. The summed E-state index contributed by atoms with van der Waals surface area (Å²) in [7, 11) is 4.02. The van der Waals surface area contributed by atoms with Crippen LogP contribution in [0.4, 0.5) is 11.4 Å². The van der Waals surface area contributed by atoms with Gasteiger partial charge < -0.3 is 15.1 Å². The molecule has 142 valence electrons. The van der Waals surface area contributed by atoms with Gasteiger partial charge in [-0.25, -0.2) is 0 Å². The Labute approximate surface area is 156 Å². The van der Waals surface area contributed by atoms with E-state index in [9.17, 15) is 9.59 Å². The van der Waals surface area contributed by atoms with Gasteiger partial charge in [-0.3, -0.25) is 9.59 Å². The molecule has 2 aliphatic carbocycles. The van der Waals surface area contributed by atoms with Crippen LogP contribution >= 0.6 is 0 Å². The molecule has 0 bridgehead atoms. The van der Waals surface area contributed by atoms with E-state index in [1.54, 1.807) is 6.92 Å². The van der Waals surface area contributed by atoms with Gasteiger partial charge >= 0.3 is 0 Å². The molecule has 2 aliphatic rings. The van der Waals surface area contributed by atoms with Crippen molar-refractivity contribution in [3.05, 3.63) is 23.8 Å². The largest absolute Gasteiger partial charge is 0.377 e. The first kappa shape index (κ1) is 18.7. The average Bonchev–Trinajstić information content (AvgIpc) is 3.23. The van der Waals surface area contributed by atoms with Crippen LogP contribution in [0.2, 0.25) is 0 Å². The zero-order valence-electron chi connectivity index (χ0n) is 16.3. The monoisotopic (exact) mass is 357 g/mol. The maximum atomic E-state index is 12.4. The van der Waals surface area contributed by atoms with Gasteiger partial charge in [0.25, 0.3) is 0 Å². The lowest BCUT2D eigenvalue weighted by Gasteiger charge is -2.25. The molecule has 26 heavy (non-hydrogen) atoms. The van der Waals surface area contributed by atoms with Crippen LogP contribution in [0, 0.1) is 11.8 Å². The van der Waals surface area contributed by atoms with Crippen molar-refractivity contribution >= 4 is 23.2 Å². The second kappa shape index (κ2) is 8.11. The third-order valence-corrected chi connectivity index (χ3v) is 5.54. The summed E-state index contributed by atoms with van der Waals surface area (Å²) in [6.45, 7) is 3.07. The molecular formula is C21H31N3O2. The number of carbonyl (C=O) groups excluding carboxylic acids is 2. The van der Waals surface area contributed by atoms with Crippen molar-refractivity contribution in [2.75, 3.05) is 30.9 Å². The van der Waals surface area contributed by atoms with E-state index < -0.39 is 0 Å². The van der Waals surface area contributed by atoms with E-state index >= 15 is 0 Å². The Morgan fingerprint density at radius 3 is 2.38 bits per heavy atom. The zero-order valence-corrected chi connectivity index (χ0v) is 16.3.